The van der Waals surface area contributed by atoms with Crippen molar-refractivity contribution in [1.82, 2.24) is 10.3 Å². The van der Waals surface area contributed by atoms with Crippen molar-refractivity contribution in [3.63, 3.8) is 0 Å². The lowest BCUT2D eigenvalue weighted by Gasteiger charge is -2.30. The maximum Gasteiger partial charge on any atom is 0.287 e. The molecule has 31 heavy (non-hydrogen) atoms. The van der Waals surface area contributed by atoms with E-state index in [2.05, 4.69) is 10.3 Å². The van der Waals surface area contributed by atoms with Gasteiger partial charge in [-0.25, -0.2) is 8.42 Å². The van der Waals surface area contributed by atoms with Crippen LogP contribution in [0.5, 0.6) is 0 Å². The van der Waals surface area contributed by atoms with E-state index in [-0.39, 0.29) is 24.3 Å². The topological polar surface area (TPSA) is 98.5 Å². The molecule has 3 aromatic rings. The molecule has 7 nitrogen and oxygen atoms in total. The van der Waals surface area contributed by atoms with Crippen molar-refractivity contribution >= 4 is 26.7 Å². The van der Waals surface area contributed by atoms with Crippen molar-refractivity contribution in [2.45, 2.75) is 55.4 Å². The molecule has 0 bridgehead atoms. The molecule has 1 aliphatic carbocycles. The third-order valence-electron chi connectivity index (χ3n) is 5.67. The van der Waals surface area contributed by atoms with E-state index in [9.17, 15) is 13.2 Å². The zero-order valence-corrected chi connectivity index (χ0v) is 18.2. The maximum absolute atomic E-state index is 13.2. The number of rotatable bonds is 7. The lowest BCUT2D eigenvalue weighted by Crippen LogP contribution is -2.38. The number of nitrogens with one attached hydrogen (secondary N) is 1. The Morgan fingerprint density at radius 2 is 1.97 bits per heavy atom. The number of benzene rings is 1. The van der Waals surface area contributed by atoms with Gasteiger partial charge in [0.05, 0.1) is 22.4 Å². The second-order valence-corrected chi connectivity index (χ2v) is 9.88. The van der Waals surface area contributed by atoms with E-state index < -0.39 is 15.1 Å². The quantitative estimate of drug-likeness (QED) is 0.596. The molecule has 1 aromatic carbocycles. The summed E-state index contributed by atoms with van der Waals surface area (Å²) in [5.41, 5.74) is 1.35. The molecule has 1 fully saturated rings. The summed E-state index contributed by atoms with van der Waals surface area (Å²) in [7, 11) is -3.47. The van der Waals surface area contributed by atoms with Crippen molar-refractivity contribution in [1.29, 1.82) is 0 Å². The summed E-state index contributed by atoms with van der Waals surface area (Å²) in [4.78, 5) is 16.7. The fraction of sp³-hybridized carbons (Fsp3) is 0.391. The summed E-state index contributed by atoms with van der Waals surface area (Å²) in [6, 6.07) is 10.1. The second-order valence-electron chi connectivity index (χ2n) is 7.71. The van der Waals surface area contributed by atoms with E-state index in [0.29, 0.717) is 23.5 Å². The number of aromatic nitrogens is 1. The van der Waals surface area contributed by atoms with Gasteiger partial charge in [-0.3, -0.25) is 9.78 Å². The van der Waals surface area contributed by atoms with Crippen LogP contribution in [-0.4, -0.2) is 37.3 Å². The zero-order chi connectivity index (χ0) is 21.8. The van der Waals surface area contributed by atoms with Crippen LogP contribution in [0.2, 0.25) is 0 Å². The van der Waals surface area contributed by atoms with E-state index in [1.54, 1.807) is 48.8 Å². The van der Waals surface area contributed by atoms with Gasteiger partial charge in [0, 0.05) is 24.7 Å². The molecule has 2 atom stereocenters. The summed E-state index contributed by atoms with van der Waals surface area (Å²) in [6.07, 6.45) is 6.25. The lowest BCUT2D eigenvalue weighted by atomic mass is 9.97. The van der Waals surface area contributed by atoms with Gasteiger partial charge in [0.25, 0.3) is 5.91 Å². The molecule has 0 aliphatic heterocycles. The van der Waals surface area contributed by atoms with Crippen molar-refractivity contribution in [2.24, 2.45) is 0 Å². The number of carbonyl (C=O) groups is 1. The number of pyridine rings is 1. The van der Waals surface area contributed by atoms with Gasteiger partial charge < -0.3 is 14.5 Å². The van der Waals surface area contributed by atoms with E-state index in [1.165, 1.54) is 0 Å². The number of nitrogens with zero attached hydrogens (tertiary/aromatic N) is 1. The summed E-state index contributed by atoms with van der Waals surface area (Å²) < 4.78 is 37.5. The van der Waals surface area contributed by atoms with Gasteiger partial charge in [-0.1, -0.05) is 25.0 Å². The minimum atomic E-state index is -3.47. The molecular weight excluding hydrogens is 416 g/mol. The highest BCUT2D eigenvalue weighted by molar-refractivity contribution is 7.92. The van der Waals surface area contributed by atoms with Crippen molar-refractivity contribution in [2.75, 3.05) is 6.61 Å². The van der Waals surface area contributed by atoms with Crippen molar-refractivity contribution < 1.29 is 22.4 Å². The molecule has 1 N–H and O–H groups in total. The molecule has 1 aliphatic rings. The Kier molecular flexibility index (Phi) is 6.38. The molecule has 2 aromatic heterocycles. The van der Waals surface area contributed by atoms with Crippen LogP contribution in [-0.2, 0) is 21.1 Å². The molecule has 2 unspecified atom stereocenters. The predicted molar refractivity (Wildman–Crippen MR) is 116 cm³/mol. The first-order chi connectivity index (χ1) is 15.0. The lowest BCUT2D eigenvalue weighted by molar-refractivity contribution is 0.0395. The molecule has 1 saturated carbocycles. The van der Waals surface area contributed by atoms with E-state index >= 15 is 0 Å². The van der Waals surface area contributed by atoms with Crippen LogP contribution < -0.4 is 5.32 Å². The molecule has 2 heterocycles. The minimum absolute atomic E-state index is 0.210. The van der Waals surface area contributed by atoms with Crippen molar-refractivity contribution in [3.05, 3.63) is 60.1 Å². The fourth-order valence-corrected chi connectivity index (χ4v) is 6.02. The summed E-state index contributed by atoms with van der Waals surface area (Å²) in [5, 5.41) is 3.10. The summed E-state index contributed by atoms with van der Waals surface area (Å²) in [5.74, 6) is -0.129. The highest BCUT2D eigenvalue weighted by Gasteiger charge is 2.37. The van der Waals surface area contributed by atoms with Crippen molar-refractivity contribution in [3.8, 4) is 0 Å². The SMILES string of the molecule is CCOC1CCCCC1S(=O)(=O)c1ccc(CNC(=O)c2cc3ccncc3o2)cc1. The second kappa shape index (κ2) is 9.20. The fourth-order valence-electron chi connectivity index (χ4n) is 4.06. The monoisotopic (exact) mass is 442 g/mol. The van der Waals surface area contributed by atoms with E-state index in [0.717, 1.165) is 30.2 Å². The van der Waals surface area contributed by atoms with Gasteiger partial charge in [-0.15, -0.1) is 0 Å². The largest absolute Gasteiger partial charge is 0.449 e. The standard InChI is InChI=1S/C23H26N2O5S/c1-2-29-19-5-3-4-6-22(19)31(27,28)18-9-7-16(8-10-18)14-25-23(26)20-13-17-11-12-24-15-21(17)30-20/h7-13,15,19,22H,2-6,14H2,1H3,(H,25,26). The average molecular weight is 443 g/mol. The normalized spacial score (nSPS) is 19.4. The molecule has 0 spiro atoms. The number of ether oxygens (including phenoxy) is 1. The highest BCUT2D eigenvalue weighted by Crippen LogP contribution is 2.31. The Morgan fingerprint density at radius 3 is 2.71 bits per heavy atom. The number of carbonyl (C=O) groups excluding carboxylic acids is 1. The minimum Gasteiger partial charge on any atom is -0.449 e. The Morgan fingerprint density at radius 1 is 1.19 bits per heavy atom. The molecule has 1 amide bonds. The number of hydrogen-bond acceptors (Lipinski definition) is 6. The van der Waals surface area contributed by atoms with E-state index in [4.69, 9.17) is 9.15 Å². The average Bonchev–Trinajstić information content (AvgIpc) is 3.23. The molecule has 4 rings (SSSR count). The van der Waals surface area contributed by atoms with Gasteiger partial charge in [-0.2, -0.15) is 0 Å². The smallest absolute Gasteiger partial charge is 0.287 e. The maximum atomic E-state index is 13.2. The first kappa shape index (κ1) is 21.5. The van der Waals surface area contributed by atoms with Gasteiger partial charge in [0.2, 0.25) is 0 Å². The number of sulfone groups is 1. The highest BCUT2D eigenvalue weighted by atomic mass is 32.2. The predicted octanol–water partition coefficient (Wildman–Crippen LogP) is 3.88. The van der Waals surface area contributed by atoms with Crippen LogP contribution in [0.25, 0.3) is 11.0 Å². The van der Waals surface area contributed by atoms with Crippen LogP contribution in [0.15, 0.2) is 58.1 Å². The first-order valence-electron chi connectivity index (χ1n) is 10.5. The Balaban J connectivity index is 1.42. The van der Waals surface area contributed by atoms with E-state index in [1.807, 2.05) is 6.92 Å². The third-order valence-corrected chi connectivity index (χ3v) is 7.94. The van der Waals surface area contributed by atoms with Crippen LogP contribution in [0.4, 0.5) is 0 Å². The summed E-state index contributed by atoms with van der Waals surface area (Å²) >= 11 is 0. The van der Waals surface area contributed by atoms with Crippen LogP contribution >= 0.6 is 0 Å². The third kappa shape index (κ3) is 4.65. The number of hydrogen-bond donors (Lipinski definition) is 1. The number of furan rings is 1. The van der Waals surface area contributed by atoms with Crippen LogP contribution in [0.3, 0.4) is 0 Å². The van der Waals surface area contributed by atoms with Gasteiger partial charge in [0.15, 0.2) is 21.2 Å². The molecule has 0 radical (unpaired) electrons. The number of fused-ring (bicyclic) bond motifs is 1. The van der Waals surface area contributed by atoms with Gasteiger partial charge >= 0.3 is 0 Å². The van der Waals surface area contributed by atoms with Crippen LogP contribution in [0, 0.1) is 0 Å². The molecule has 0 saturated heterocycles. The first-order valence-corrected chi connectivity index (χ1v) is 12.1. The Hall–Kier alpha value is -2.71. The Bertz CT molecular complexity index is 1120. The molecule has 8 heteroatoms. The van der Waals surface area contributed by atoms with Gasteiger partial charge in [0.1, 0.15) is 0 Å². The Labute approximate surface area is 181 Å². The zero-order valence-electron chi connectivity index (χ0n) is 17.4. The molecule has 164 valence electrons. The molecular formula is C23H26N2O5S. The van der Waals surface area contributed by atoms with Crippen LogP contribution in [0.1, 0.15) is 48.7 Å². The summed E-state index contributed by atoms with van der Waals surface area (Å²) in [6.45, 7) is 2.67. The number of amides is 1. The van der Waals surface area contributed by atoms with Gasteiger partial charge in [-0.05, 0) is 49.6 Å².